The third kappa shape index (κ3) is 4.13. The first-order valence-electron chi connectivity index (χ1n) is 9.51. The van der Waals surface area contributed by atoms with E-state index in [2.05, 4.69) is 45.1 Å². The van der Waals surface area contributed by atoms with Gasteiger partial charge in [0.25, 0.3) is 5.91 Å². The molecule has 1 saturated carbocycles. The molecule has 0 unspecified atom stereocenters. The van der Waals surface area contributed by atoms with Crippen LogP contribution in [-0.2, 0) is 6.54 Å². The molecule has 2 aromatic rings. The zero-order valence-electron chi connectivity index (χ0n) is 14.7. The van der Waals surface area contributed by atoms with Crippen molar-refractivity contribution < 1.29 is 4.79 Å². The predicted octanol–water partition coefficient (Wildman–Crippen LogP) is 3.47. The number of likely N-dealkylation sites (tertiary alicyclic amines) is 1. The van der Waals surface area contributed by atoms with E-state index in [0.29, 0.717) is 12.0 Å². The molecule has 0 bridgehead atoms. The Bertz CT molecular complexity index is 697. The van der Waals surface area contributed by atoms with Gasteiger partial charge < -0.3 is 9.88 Å². The maximum absolute atomic E-state index is 12.5. The summed E-state index contributed by atoms with van der Waals surface area (Å²) < 4.78 is 2.14. The highest BCUT2D eigenvalue weighted by Crippen LogP contribution is 2.36. The van der Waals surface area contributed by atoms with Gasteiger partial charge in [-0.05, 0) is 62.4 Å². The molecule has 0 spiro atoms. The summed E-state index contributed by atoms with van der Waals surface area (Å²) in [7, 11) is 0. The molecule has 4 heteroatoms. The minimum absolute atomic E-state index is 0.0867. The van der Waals surface area contributed by atoms with Gasteiger partial charge in [0.2, 0.25) is 0 Å². The monoisotopic (exact) mass is 337 g/mol. The van der Waals surface area contributed by atoms with Crippen molar-refractivity contribution in [3.05, 3.63) is 59.9 Å². The number of hydrogen-bond acceptors (Lipinski definition) is 2. The lowest BCUT2D eigenvalue weighted by Gasteiger charge is -2.32. The number of hydrogen-bond donors (Lipinski definition) is 1. The second-order valence-electron chi connectivity index (χ2n) is 7.45. The molecule has 1 aliphatic heterocycles. The molecule has 4 nitrogen and oxygen atoms in total. The number of carbonyl (C=O) groups is 1. The summed E-state index contributed by atoms with van der Waals surface area (Å²) in [4.78, 5) is 15.0. The Morgan fingerprint density at radius 3 is 2.48 bits per heavy atom. The highest BCUT2D eigenvalue weighted by Gasteiger charge is 2.27. The summed E-state index contributed by atoms with van der Waals surface area (Å²) in [5.74, 6) is 0.684. The number of rotatable bonds is 6. The number of aromatic nitrogens is 1. The van der Waals surface area contributed by atoms with Crippen LogP contribution >= 0.6 is 0 Å². The molecule has 1 saturated heterocycles. The summed E-state index contributed by atoms with van der Waals surface area (Å²) in [6.07, 6.45) is 6.77. The normalized spacial score (nSPS) is 19.0. The first-order valence-corrected chi connectivity index (χ1v) is 9.51. The molecule has 2 fully saturated rings. The van der Waals surface area contributed by atoms with Crippen LogP contribution in [0.1, 0.15) is 47.8 Å². The molecule has 1 aliphatic carbocycles. The number of nitrogens with one attached hydrogen (secondary N) is 1. The molecule has 1 aromatic carbocycles. The van der Waals surface area contributed by atoms with Crippen molar-refractivity contribution in [1.82, 2.24) is 14.8 Å². The van der Waals surface area contributed by atoms with Crippen LogP contribution in [0.3, 0.4) is 0 Å². The molecule has 25 heavy (non-hydrogen) atoms. The summed E-state index contributed by atoms with van der Waals surface area (Å²) in [5, 5.41) is 3.16. The second-order valence-corrected chi connectivity index (χ2v) is 7.45. The van der Waals surface area contributed by atoms with Gasteiger partial charge in [-0.3, -0.25) is 9.69 Å². The smallest absolute Gasteiger partial charge is 0.267 e. The molecule has 1 aromatic heterocycles. The third-order valence-electron chi connectivity index (χ3n) is 5.46. The third-order valence-corrected chi connectivity index (χ3v) is 5.46. The van der Waals surface area contributed by atoms with E-state index in [1.54, 1.807) is 0 Å². The van der Waals surface area contributed by atoms with Crippen LogP contribution < -0.4 is 5.32 Å². The quantitative estimate of drug-likeness (QED) is 0.876. The zero-order chi connectivity index (χ0) is 17.1. The molecular weight excluding hydrogens is 310 g/mol. The summed E-state index contributed by atoms with van der Waals surface area (Å²) in [5.41, 5.74) is 2.21. The minimum atomic E-state index is 0.0867. The van der Waals surface area contributed by atoms with E-state index in [1.165, 1.54) is 18.4 Å². The predicted molar refractivity (Wildman–Crippen MR) is 99.5 cm³/mol. The summed E-state index contributed by atoms with van der Waals surface area (Å²) in [6, 6.07) is 15.1. The maximum atomic E-state index is 12.5. The van der Waals surface area contributed by atoms with Crippen LogP contribution in [0.15, 0.2) is 48.7 Å². The van der Waals surface area contributed by atoms with Gasteiger partial charge in [0.15, 0.2) is 0 Å². The Morgan fingerprint density at radius 1 is 1.00 bits per heavy atom. The van der Waals surface area contributed by atoms with Gasteiger partial charge >= 0.3 is 0 Å². The molecule has 2 heterocycles. The van der Waals surface area contributed by atoms with E-state index in [9.17, 15) is 4.79 Å². The Balaban J connectivity index is 1.22. The molecule has 0 atom stereocenters. The molecular formula is C21H27N3O. The zero-order valence-corrected chi connectivity index (χ0v) is 14.7. The van der Waals surface area contributed by atoms with Crippen molar-refractivity contribution in [2.45, 2.75) is 38.3 Å². The average molecular weight is 337 g/mol. The number of carbonyl (C=O) groups excluding carboxylic acids is 1. The van der Waals surface area contributed by atoms with Crippen LogP contribution in [0.25, 0.3) is 0 Å². The number of benzene rings is 1. The van der Waals surface area contributed by atoms with E-state index < -0.39 is 0 Å². The van der Waals surface area contributed by atoms with Crippen molar-refractivity contribution in [2.75, 3.05) is 19.6 Å². The Kier molecular flexibility index (Phi) is 4.88. The first kappa shape index (κ1) is 16.4. The van der Waals surface area contributed by atoms with Gasteiger partial charge in [-0.1, -0.05) is 30.3 Å². The van der Waals surface area contributed by atoms with E-state index >= 15 is 0 Å². The Labute approximate surface area is 149 Å². The van der Waals surface area contributed by atoms with E-state index in [-0.39, 0.29) is 5.91 Å². The van der Waals surface area contributed by atoms with Gasteiger partial charge in [-0.2, -0.15) is 0 Å². The lowest BCUT2D eigenvalue weighted by molar-refractivity contribution is 0.0926. The molecule has 2 aliphatic rings. The molecule has 1 amide bonds. The van der Waals surface area contributed by atoms with Crippen LogP contribution in [0.5, 0.6) is 0 Å². The van der Waals surface area contributed by atoms with Gasteiger partial charge in [-0.15, -0.1) is 0 Å². The fraction of sp³-hybridized carbons (Fsp3) is 0.476. The van der Waals surface area contributed by atoms with Gasteiger partial charge in [-0.25, -0.2) is 0 Å². The van der Waals surface area contributed by atoms with Crippen LogP contribution in [-0.4, -0.2) is 35.0 Å². The van der Waals surface area contributed by atoms with Gasteiger partial charge in [0.1, 0.15) is 5.69 Å². The largest absolute Gasteiger partial charge is 0.350 e. The molecule has 1 N–H and O–H groups in total. The van der Waals surface area contributed by atoms with Crippen molar-refractivity contribution in [3.8, 4) is 0 Å². The standard InChI is InChI=1S/C21H27N3O/c25-21(20-7-4-12-24(20)19-8-9-19)22-15-17-10-13-23(14-11-17)16-18-5-2-1-3-6-18/h1-7,12,17,19H,8-11,13-16H2,(H,22,25). The summed E-state index contributed by atoms with van der Waals surface area (Å²) >= 11 is 0. The SMILES string of the molecule is O=C(NCC1CCN(Cc2ccccc2)CC1)c1cccn1C1CC1. The minimum Gasteiger partial charge on any atom is -0.350 e. The second kappa shape index (κ2) is 7.44. The Hall–Kier alpha value is -2.07. The average Bonchev–Trinajstić information content (AvgIpc) is 3.38. The maximum Gasteiger partial charge on any atom is 0.267 e. The van der Waals surface area contributed by atoms with Crippen molar-refractivity contribution >= 4 is 5.91 Å². The first-order chi connectivity index (χ1) is 12.3. The van der Waals surface area contributed by atoms with E-state index in [0.717, 1.165) is 44.7 Å². The highest BCUT2D eigenvalue weighted by atomic mass is 16.1. The lowest BCUT2D eigenvalue weighted by Crippen LogP contribution is -2.38. The van der Waals surface area contributed by atoms with Crippen LogP contribution in [0, 0.1) is 5.92 Å². The Morgan fingerprint density at radius 2 is 1.76 bits per heavy atom. The number of amides is 1. The lowest BCUT2D eigenvalue weighted by atomic mass is 9.96. The fourth-order valence-corrected chi connectivity index (χ4v) is 3.78. The molecule has 4 rings (SSSR count). The summed E-state index contributed by atoms with van der Waals surface area (Å²) in [6.45, 7) is 4.07. The van der Waals surface area contributed by atoms with Crippen molar-refractivity contribution in [3.63, 3.8) is 0 Å². The van der Waals surface area contributed by atoms with Crippen molar-refractivity contribution in [1.29, 1.82) is 0 Å². The van der Waals surface area contributed by atoms with E-state index in [1.807, 2.05) is 18.3 Å². The van der Waals surface area contributed by atoms with Crippen LogP contribution in [0.2, 0.25) is 0 Å². The number of nitrogens with zero attached hydrogens (tertiary/aromatic N) is 2. The van der Waals surface area contributed by atoms with E-state index in [4.69, 9.17) is 0 Å². The fourth-order valence-electron chi connectivity index (χ4n) is 3.78. The molecule has 132 valence electrons. The highest BCUT2D eigenvalue weighted by molar-refractivity contribution is 5.92. The van der Waals surface area contributed by atoms with Crippen molar-refractivity contribution in [2.24, 2.45) is 5.92 Å². The van der Waals surface area contributed by atoms with Gasteiger partial charge in [0, 0.05) is 25.3 Å². The van der Waals surface area contributed by atoms with Gasteiger partial charge in [0.05, 0.1) is 0 Å². The topological polar surface area (TPSA) is 37.3 Å². The van der Waals surface area contributed by atoms with Crippen LogP contribution in [0.4, 0.5) is 0 Å². The number of piperidine rings is 1. The molecule has 0 radical (unpaired) electrons.